The first-order valence-corrected chi connectivity index (χ1v) is 11.1. The van der Waals surface area contributed by atoms with Crippen molar-refractivity contribution in [1.82, 2.24) is 9.88 Å². The lowest BCUT2D eigenvalue weighted by molar-refractivity contribution is -0.140. The molecule has 3 aromatic rings. The second-order valence-corrected chi connectivity index (χ2v) is 8.40. The number of carbonyl (C=O) groups is 2. The Morgan fingerprint density at radius 2 is 1.88 bits per heavy atom. The number of ketones is 1. The molecule has 0 saturated carbocycles. The normalized spacial score (nSPS) is 17.1. The minimum Gasteiger partial charge on any atom is -0.507 e. The molecular formula is C26H20Cl2N2O4. The van der Waals surface area contributed by atoms with E-state index in [2.05, 4.69) is 11.6 Å². The Bertz CT molecular complexity index is 1270. The van der Waals surface area contributed by atoms with Crippen LogP contribution in [0.5, 0.6) is 5.75 Å². The fraction of sp³-hybridized carbons (Fsp3) is 0.115. The van der Waals surface area contributed by atoms with E-state index >= 15 is 0 Å². The summed E-state index contributed by atoms with van der Waals surface area (Å²) < 4.78 is 5.47. The number of likely N-dealkylation sites (tertiary alicyclic amines) is 1. The van der Waals surface area contributed by atoms with E-state index in [-0.39, 0.29) is 22.9 Å². The lowest BCUT2D eigenvalue weighted by Crippen LogP contribution is -2.29. The van der Waals surface area contributed by atoms with Gasteiger partial charge in [0.05, 0.1) is 21.7 Å². The summed E-state index contributed by atoms with van der Waals surface area (Å²) in [6.45, 7) is 4.06. The first kappa shape index (κ1) is 23.5. The van der Waals surface area contributed by atoms with Crippen molar-refractivity contribution in [2.24, 2.45) is 0 Å². The van der Waals surface area contributed by atoms with Crippen molar-refractivity contribution in [3.63, 3.8) is 0 Å². The molecule has 1 atom stereocenters. The number of halogens is 2. The van der Waals surface area contributed by atoms with Gasteiger partial charge in [0.25, 0.3) is 11.7 Å². The van der Waals surface area contributed by atoms with E-state index in [1.165, 1.54) is 4.90 Å². The number of amides is 1. The second kappa shape index (κ2) is 10.1. The number of pyridine rings is 1. The third kappa shape index (κ3) is 4.69. The third-order valence-corrected chi connectivity index (χ3v) is 6.11. The van der Waals surface area contributed by atoms with Gasteiger partial charge in [-0.25, -0.2) is 0 Å². The van der Waals surface area contributed by atoms with Crippen LogP contribution in [0, 0.1) is 0 Å². The predicted octanol–water partition coefficient (Wildman–Crippen LogP) is 5.58. The van der Waals surface area contributed by atoms with E-state index in [9.17, 15) is 14.7 Å². The zero-order valence-corrected chi connectivity index (χ0v) is 19.5. The van der Waals surface area contributed by atoms with E-state index in [1.54, 1.807) is 73.1 Å². The van der Waals surface area contributed by atoms with Crippen LogP contribution < -0.4 is 4.74 Å². The minimum absolute atomic E-state index is 0.0351. The fourth-order valence-electron chi connectivity index (χ4n) is 3.78. The van der Waals surface area contributed by atoms with Gasteiger partial charge in [-0.05, 0) is 53.6 Å². The van der Waals surface area contributed by atoms with Gasteiger partial charge in [0.2, 0.25) is 0 Å². The van der Waals surface area contributed by atoms with Crippen LogP contribution in [-0.4, -0.2) is 33.3 Å². The molecule has 8 heteroatoms. The third-order valence-electron chi connectivity index (χ3n) is 5.37. The molecule has 1 N–H and O–H groups in total. The number of hydrogen-bond acceptors (Lipinski definition) is 5. The standard InChI is InChI=1S/C26H20Cl2N2O4/c1-2-12-34-19-8-5-17(6-9-19)24(31)22-23(18-7-10-20(27)21(28)13-18)30(26(33)25(22)32)15-16-4-3-11-29-14-16/h2-11,13-14,23,31H,1,12,15H2. The topological polar surface area (TPSA) is 79.7 Å². The molecule has 1 unspecified atom stereocenters. The molecule has 0 radical (unpaired) electrons. The molecule has 172 valence electrons. The monoisotopic (exact) mass is 494 g/mol. The highest BCUT2D eigenvalue weighted by Gasteiger charge is 2.46. The summed E-state index contributed by atoms with van der Waals surface area (Å²) in [5.74, 6) is -1.23. The SMILES string of the molecule is C=CCOc1ccc(C(O)=C2C(=O)C(=O)N(Cc3cccnc3)C2c2ccc(Cl)c(Cl)c2)cc1. The molecular weight excluding hydrogens is 475 g/mol. The fourth-order valence-corrected chi connectivity index (χ4v) is 4.09. The average molecular weight is 495 g/mol. The Kier molecular flexibility index (Phi) is 7.01. The summed E-state index contributed by atoms with van der Waals surface area (Å²) >= 11 is 12.3. The van der Waals surface area contributed by atoms with E-state index in [4.69, 9.17) is 27.9 Å². The number of Topliss-reactive ketones (excluding diaryl/α,β-unsaturated/α-hetero) is 1. The van der Waals surface area contributed by atoms with Crippen LogP contribution in [0.4, 0.5) is 0 Å². The largest absolute Gasteiger partial charge is 0.507 e. The molecule has 2 heterocycles. The van der Waals surface area contributed by atoms with Crippen molar-refractivity contribution in [3.05, 3.63) is 112 Å². The van der Waals surface area contributed by atoms with Crippen molar-refractivity contribution in [2.45, 2.75) is 12.6 Å². The number of aromatic nitrogens is 1. The zero-order chi connectivity index (χ0) is 24.2. The minimum atomic E-state index is -0.869. The molecule has 1 aliphatic rings. The van der Waals surface area contributed by atoms with Gasteiger partial charge in [0, 0.05) is 24.5 Å². The highest BCUT2D eigenvalue weighted by atomic mass is 35.5. The maximum atomic E-state index is 13.1. The predicted molar refractivity (Wildman–Crippen MR) is 131 cm³/mol. The van der Waals surface area contributed by atoms with Crippen molar-refractivity contribution >= 4 is 40.7 Å². The van der Waals surface area contributed by atoms with Gasteiger partial charge in [-0.3, -0.25) is 14.6 Å². The lowest BCUT2D eigenvalue weighted by Gasteiger charge is -2.25. The maximum Gasteiger partial charge on any atom is 0.295 e. The van der Waals surface area contributed by atoms with Gasteiger partial charge < -0.3 is 14.7 Å². The molecule has 1 saturated heterocycles. The number of aliphatic hydroxyl groups is 1. The van der Waals surface area contributed by atoms with Gasteiger partial charge in [0.15, 0.2) is 0 Å². The van der Waals surface area contributed by atoms with Crippen LogP contribution in [0.1, 0.15) is 22.7 Å². The second-order valence-electron chi connectivity index (χ2n) is 7.59. The van der Waals surface area contributed by atoms with Gasteiger partial charge in [0.1, 0.15) is 18.1 Å². The van der Waals surface area contributed by atoms with Crippen molar-refractivity contribution in [3.8, 4) is 5.75 Å². The molecule has 0 spiro atoms. The maximum absolute atomic E-state index is 13.1. The van der Waals surface area contributed by atoms with E-state index in [0.29, 0.717) is 28.5 Å². The van der Waals surface area contributed by atoms with Crippen molar-refractivity contribution in [1.29, 1.82) is 0 Å². The number of rotatable bonds is 7. The van der Waals surface area contributed by atoms with Crippen LogP contribution in [0.25, 0.3) is 5.76 Å². The van der Waals surface area contributed by atoms with Crippen molar-refractivity contribution < 1.29 is 19.4 Å². The molecule has 1 aliphatic heterocycles. The summed E-state index contributed by atoms with van der Waals surface area (Å²) in [5, 5.41) is 11.8. The Balaban J connectivity index is 1.81. The highest BCUT2D eigenvalue weighted by Crippen LogP contribution is 2.41. The highest BCUT2D eigenvalue weighted by molar-refractivity contribution is 6.46. The van der Waals surface area contributed by atoms with Crippen LogP contribution in [0.3, 0.4) is 0 Å². The first-order chi connectivity index (χ1) is 16.4. The Morgan fingerprint density at radius 1 is 1.12 bits per heavy atom. The molecule has 6 nitrogen and oxygen atoms in total. The summed E-state index contributed by atoms with van der Waals surface area (Å²) in [6.07, 6.45) is 4.86. The molecule has 4 rings (SSSR count). The lowest BCUT2D eigenvalue weighted by atomic mass is 9.95. The Labute approximate surface area is 206 Å². The number of hydrogen-bond donors (Lipinski definition) is 1. The number of benzene rings is 2. The zero-order valence-electron chi connectivity index (χ0n) is 17.9. The number of aliphatic hydroxyl groups excluding tert-OH is 1. The van der Waals surface area contributed by atoms with Crippen LogP contribution >= 0.6 is 23.2 Å². The van der Waals surface area contributed by atoms with Crippen LogP contribution in [0.15, 0.2) is 85.2 Å². The smallest absolute Gasteiger partial charge is 0.295 e. The van der Waals surface area contributed by atoms with Crippen LogP contribution in [-0.2, 0) is 16.1 Å². The molecule has 34 heavy (non-hydrogen) atoms. The van der Waals surface area contributed by atoms with E-state index < -0.39 is 17.7 Å². The van der Waals surface area contributed by atoms with E-state index in [1.807, 2.05) is 0 Å². The average Bonchev–Trinajstić information content (AvgIpc) is 3.10. The van der Waals surface area contributed by atoms with Gasteiger partial charge in [-0.2, -0.15) is 0 Å². The molecule has 1 aromatic heterocycles. The van der Waals surface area contributed by atoms with Crippen molar-refractivity contribution in [2.75, 3.05) is 6.61 Å². The molecule has 0 bridgehead atoms. The molecule has 0 aliphatic carbocycles. The van der Waals surface area contributed by atoms with Gasteiger partial charge >= 0.3 is 0 Å². The Hall–Kier alpha value is -3.61. The summed E-state index contributed by atoms with van der Waals surface area (Å²) in [4.78, 5) is 31.7. The summed E-state index contributed by atoms with van der Waals surface area (Å²) in [7, 11) is 0. The number of carbonyl (C=O) groups excluding carboxylic acids is 2. The Morgan fingerprint density at radius 3 is 2.53 bits per heavy atom. The number of nitrogens with zero attached hydrogens (tertiary/aromatic N) is 2. The molecule has 1 amide bonds. The number of ether oxygens (including phenoxy) is 1. The quantitative estimate of drug-likeness (QED) is 0.201. The molecule has 2 aromatic carbocycles. The summed E-state index contributed by atoms with van der Waals surface area (Å²) in [5.41, 5.74) is 1.62. The van der Waals surface area contributed by atoms with Gasteiger partial charge in [-0.1, -0.05) is 48.0 Å². The first-order valence-electron chi connectivity index (χ1n) is 10.4. The molecule has 1 fully saturated rings. The van der Waals surface area contributed by atoms with E-state index in [0.717, 1.165) is 5.56 Å². The van der Waals surface area contributed by atoms with Crippen LogP contribution in [0.2, 0.25) is 10.0 Å². The van der Waals surface area contributed by atoms with Gasteiger partial charge in [-0.15, -0.1) is 0 Å². The summed E-state index contributed by atoms with van der Waals surface area (Å²) in [6, 6.07) is 14.1.